The molecule has 168 valence electrons. The summed E-state index contributed by atoms with van der Waals surface area (Å²) in [6, 6.07) is 10.1. The van der Waals surface area contributed by atoms with Crippen molar-refractivity contribution in [1.82, 2.24) is 35.3 Å². The number of ether oxygens (including phenoxy) is 1. The molecule has 4 heterocycles. The number of nitrogens with zero attached hydrogens (tertiary/aromatic N) is 5. The van der Waals surface area contributed by atoms with E-state index >= 15 is 0 Å². The van der Waals surface area contributed by atoms with E-state index in [0.717, 1.165) is 56.8 Å². The van der Waals surface area contributed by atoms with Crippen LogP contribution in [0.2, 0.25) is 0 Å². The number of hydrogen-bond donors (Lipinski definition) is 2. The van der Waals surface area contributed by atoms with Crippen molar-refractivity contribution >= 4 is 23.3 Å². The topological polar surface area (TPSA) is 111 Å². The number of carbonyl (C=O) groups is 1. The maximum Gasteiger partial charge on any atom is 0.216 e. The summed E-state index contributed by atoms with van der Waals surface area (Å²) in [7, 11) is 0. The molecule has 9 nitrogen and oxygen atoms in total. The second-order valence-electron chi connectivity index (χ2n) is 7.66. The summed E-state index contributed by atoms with van der Waals surface area (Å²) in [5.74, 6) is 1.51. The van der Waals surface area contributed by atoms with Gasteiger partial charge in [0.25, 0.3) is 0 Å². The molecule has 0 atom stereocenters. The number of aromatic nitrogens is 6. The van der Waals surface area contributed by atoms with Gasteiger partial charge in [-0.2, -0.15) is 10.2 Å². The standard InChI is InChI=1S/C23H23N7O2S/c1-14-19(18-12-17(8-10-30(18)29-14)32-11-9-24-15(2)31)23-27-20(16-6-4-3-5-7-16)21(33-23)22-25-13-26-28-22/h3-7,12-13H,8-11H2,1-2H3,(H,24,31)(H,25,26,28). The van der Waals surface area contributed by atoms with Crippen molar-refractivity contribution in [2.24, 2.45) is 0 Å². The molecule has 0 saturated heterocycles. The van der Waals surface area contributed by atoms with Gasteiger partial charge in [-0.1, -0.05) is 30.3 Å². The zero-order valence-corrected chi connectivity index (χ0v) is 19.1. The van der Waals surface area contributed by atoms with Crippen molar-refractivity contribution in [3.8, 4) is 32.5 Å². The van der Waals surface area contributed by atoms with Crippen LogP contribution >= 0.6 is 11.3 Å². The van der Waals surface area contributed by atoms with Crippen molar-refractivity contribution < 1.29 is 9.53 Å². The number of amides is 1. The van der Waals surface area contributed by atoms with E-state index in [-0.39, 0.29) is 5.91 Å². The minimum Gasteiger partial charge on any atom is -0.496 e. The molecule has 1 aliphatic heterocycles. The zero-order chi connectivity index (χ0) is 22.8. The minimum absolute atomic E-state index is 0.0623. The molecule has 0 fully saturated rings. The highest BCUT2D eigenvalue weighted by Crippen LogP contribution is 2.42. The van der Waals surface area contributed by atoms with E-state index in [4.69, 9.17) is 14.8 Å². The molecule has 0 radical (unpaired) electrons. The maximum absolute atomic E-state index is 11.1. The Morgan fingerprint density at radius 2 is 2.15 bits per heavy atom. The highest BCUT2D eigenvalue weighted by Gasteiger charge is 2.25. The van der Waals surface area contributed by atoms with E-state index in [1.165, 1.54) is 13.3 Å². The van der Waals surface area contributed by atoms with Crippen LogP contribution in [0.15, 0.2) is 42.4 Å². The summed E-state index contributed by atoms with van der Waals surface area (Å²) < 4.78 is 7.92. The average molecular weight is 462 g/mol. The molecule has 4 aromatic rings. The van der Waals surface area contributed by atoms with Crippen LogP contribution in [0.1, 0.15) is 24.7 Å². The third-order valence-corrected chi connectivity index (χ3v) is 6.40. The van der Waals surface area contributed by atoms with Crippen LogP contribution in [0.4, 0.5) is 0 Å². The Hall–Kier alpha value is -3.79. The Morgan fingerprint density at radius 1 is 1.30 bits per heavy atom. The SMILES string of the molecule is CC(=O)NCCOC1=Cc2c(-c3nc(-c4ccccc4)c(-c4ncn[nH]4)s3)c(C)nn2CC1. The van der Waals surface area contributed by atoms with Gasteiger partial charge in [0.2, 0.25) is 5.91 Å². The Balaban J connectivity index is 1.53. The average Bonchev–Trinajstić information content (AvgIpc) is 3.55. The Kier molecular flexibility index (Phi) is 5.74. The fourth-order valence-electron chi connectivity index (χ4n) is 3.84. The molecule has 0 bridgehead atoms. The van der Waals surface area contributed by atoms with Crippen LogP contribution in [-0.4, -0.2) is 49.0 Å². The maximum atomic E-state index is 11.1. The molecule has 3 aromatic heterocycles. The fourth-order valence-corrected chi connectivity index (χ4v) is 4.98. The lowest BCUT2D eigenvalue weighted by atomic mass is 10.1. The van der Waals surface area contributed by atoms with Gasteiger partial charge in [-0.05, 0) is 6.92 Å². The summed E-state index contributed by atoms with van der Waals surface area (Å²) >= 11 is 1.57. The van der Waals surface area contributed by atoms with E-state index in [1.54, 1.807) is 11.3 Å². The summed E-state index contributed by atoms with van der Waals surface area (Å²) in [6.07, 6.45) is 4.29. The van der Waals surface area contributed by atoms with Crippen LogP contribution in [0.25, 0.3) is 38.6 Å². The van der Waals surface area contributed by atoms with Crippen molar-refractivity contribution in [2.75, 3.05) is 13.2 Å². The number of rotatable bonds is 7. The van der Waals surface area contributed by atoms with Crippen LogP contribution in [0, 0.1) is 6.92 Å². The number of H-pyrrole nitrogens is 1. The van der Waals surface area contributed by atoms with E-state index in [0.29, 0.717) is 19.0 Å². The van der Waals surface area contributed by atoms with E-state index in [2.05, 4.69) is 20.5 Å². The molecule has 1 amide bonds. The van der Waals surface area contributed by atoms with Gasteiger partial charge in [0.15, 0.2) is 5.82 Å². The molecule has 33 heavy (non-hydrogen) atoms. The van der Waals surface area contributed by atoms with Gasteiger partial charge in [-0.15, -0.1) is 11.3 Å². The zero-order valence-electron chi connectivity index (χ0n) is 18.3. The molecule has 1 aliphatic rings. The third-order valence-electron chi connectivity index (χ3n) is 5.32. The van der Waals surface area contributed by atoms with Crippen LogP contribution in [0.5, 0.6) is 0 Å². The Bertz CT molecular complexity index is 1310. The third kappa shape index (κ3) is 4.29. The quantitative estimate of drug-likeness (QED) is 0.406. The minimum atomic E-state index is -0.0623. The largest absolute Gasteiger partial charge is 0.496 e. The molecule has 1 aromatic carbocycles. The van der Waals surface area contributed by atoms with Gasteiger partial charge in [-0.25, -0.2) is 9.97 Å². The predicted molar refractivity (Wildman–Crippen MR) is 126 cm³/mol. The first-order chi connectivity index (χ1) is 16.1. The molecule has 0 spiro atoms. The highest BCUT2D eigenvalue weighted by molar-refractivity contribution is 7.18. The highest BCUT2D eigenvalue weighted by atomic mass is 32.1. The van der Waals surface area contributed by atoms with Crippen molar-refractivity contribution in [2.45, 2.75) is 26.8 Å². The van der Waals surface area contributed by atoms with Crippen LogP contribution in [-0.2, 0) is 16.1 Å². The number of aromatic amines is 1. The molecule has 5 rings (SSSR count). The Labute approximate surface area is 194 Å². The number of aryl methyl sites for hydroxylation is 2. The fraction of sp³-hybridized carbons (Fsp3) is 0.261. The van der Waals surface area contributed by atoms with E-state index < -0.39 is 0 Å². The molecule has 0 unspecified atom stereocenters. The number of carbonyl (C=O) groups excluding carboxylic acids is 1. The number of hydrogen-bond acceptors (Lipinski definition) is 7. The van der Waals surface area contributed by atoms with Gasteiger partial charge in [-0.3, -0.25) is 14.6 Å². The number of fused-ring (bicyclic) bond motifs is 1. The van der Waals surface area contributed by atoms with Crippen molar-refractivity contribution in [3.05, 3.63) is 53.8 Å². The second-order valence-corrected chi connectivity index (χ2v) is 8.66. The summed E-state index contributed by atoms with van der Waals surface area (Å²) in [5.41, 5.74) is 4.76. The molecule has 0 aliphatic carbocycles. The van der Waals surface area contributed by atoms with Crippen molar-refractivity contribution in [3.63, 3.8) is 0 Å². The number of allylic oxidation sites excluding steroid dienone is 1. The number of nitrogens with one attached hydrogen (secondary N) is 2. The van der Waals surface area contributed by atoms with Gasteiger partial charge < -0.3 is 10.1 Å². The van der Waals surface area contributed by atoms with Crippen LogP contribution in [0.3, 0.4) is 0 Å². The first kappa shape index (κ1) is 21.1. The summed E-state index contributed by atoms with van der Waals surface area (Å²) in [5, 5.41) is 15.4. The lowest BCUT2D eigenvalue weighted by Crippen LogP contribution is -2.24. The molecule has 2 N–H and O–H groups in total. The lowest BCUT2D eigenvalue weighted by molar-refractivity contribution is -0.119. The summed E-state index contributed by atoms with van der Waals surface area (Å²) in [4.78, 5) is 21.4. The monoisotopic (exact) mass is 461 g/mol. The van der Waals surface area contributed by atoms with E-state index in [1.807, 2.05) is 48.0 Å². The first-order valence-electron chi connectivity index (χ1n) is 10.7. The Morgan fingerprint density at radius 3 is 2.91 bits per heavy atom. The van der Waals surface area contributed by atoms with E-state index in [9.17, 15) is 4.79 Å². The molecule has 10 heteroatoms. The van der Waals surface area contributed by atoms with Crippen molar-refractivity contribution in [1.29, 1.82) is 0 Å². The number of benzene rings is 1. The molecule has 0 saturated carbocycles. The van der Waals surface area contributed by atoms with Gasteiger partial charge >= 0.3 is 0 Å². The molecular weight excluding hydrogens is 438 g/mol. The number of thiazole rings is 1. The predicted octanol–water partition coefficient (Wildman–Crippen LogP) is 3.66. The van der Waals surface area contributed by atoms with Gasteiger partial charge in [0.05, 0.1) is 34.1 Å². The summed E-state index contributed by atoms with van der Waals surface area (Å²) in [6.45, 7) is 5.14. The van der Waals surface area contributed by atoms with Gasteiger partial charge in [0, 0.05) is 31.5 Å². The molecular formula is C23H23N7O2S. The normalized spacial score (nSPS) is 12.8. The van der Waals surface area contributed by atoms with Gasteiger partial charge in [0.1, 0.15) is 23.7 Å². The second kappa shape index (κ2) is 8.99. The first-order valence-corrected chi connectivity index (χ1v) is 11.5. The lowest BCUT2D eigenvalue weighted by Gasteiger charge is -2.17. The van der Waals surface area contributed by atoms with Crippen LogP contribution < -0.4 is 5.32 Å². The smallest absolute Gasteiger partial charge is 0.216 e.